The minimum absolute atomic E-state index is 0.136. The van der Waals surface area contributed by atoms with Gasteiger partial charge in [-0.3, -0.25) is 0 Å². The molecule has 1 heterocycles. The molecule has 0 aliphatic carbocycles. The molecule has 0 aliphatic heterocycles. The third-order valence-electron chi connectivity index (χ3n) is 2.57. The number of benzene rings is 1. The SMILES string of the molecule is CCCCC(N)c1nc2cccc(Cl)c2o1. The van der Waals surface area contributed by atoms with Crippen molar-refractivity contribution in [2.24, 2.45) is 5.73 Å². The standard InChI is InChI=1S/C12H15ClN2O/c1-2-3-6-9(14)12-15-10-7-4-5-8(13)11(10)16-12/h4-5,7,9H,2-3,6,14H2,1H3. The topological polar surface area (TPSA) is 52.0 Å². The summed E-state index contributed by atoms with van der Waals surface area (Å²) in [5.74, 6) is 0.580. The Kier molecular flexibility index (Phi) is 3.46. The van der Waals surface area contributed by atoms with E-state index in [0.717, 1.165) is 24.8 Å². The highest BCUT2D eigenvalue weighted by atomic mass is 35.5. The molecule has 1 atom stereocenters. The van der Waals surface area contributed by atoms with Gasteiger partial charge in [-0.05, 0) is 18.6 Å². The summed E-state index contributed by atoms with van der Waals surface area (Å²) >= 11 is 6.00. The number of halogens is 1. The molecule has 1 aromatic carbocycles. The van der Waals surface area contributed by atoms with Gasteiger partial charge in [-0.25, -0.2) is 4.98 Å². The van der Waals surface area contributed by atoms with Crippen LogP contribution in [0.3, 0.4) is 0 Å². The first kappa shape index (κ1) is 11.4. The molecule has 3 nitrogen and oxygen atoms in total. The summed E-state index contributed by atoms with van der Waals surface area (Å²) in [6.07, 6.45) is 3.09. The highest BCUT2D eigenvalue weighted by Crippen LogP contribution is 2.27. The highest BCUT2D eigenvalue weighted by molar-refractivity contribution is 6.34. The lowest BCUT2D eigenvalue weighted by atomic mass is 10.1. The Morgan fingerprint density at radius 2 is 2.31 bits per heavy atom. The molecule has 0 fully saturated rings. The lowest BCUT2D eigenvalue weighted by Gasteiger charge is -2.04. The molecule has 0 radical (unpaired) electrons. The monoisotopic (exact) mass is 238 g/mol. The molecule has 1 aromatic heterocycles. The summed E-state index contributed by atoms with van der Waals surface area (Å²) in [5.41, 5.74) is 7.40. The number of nitrogens with zero attached hydrogens (tertiary/aromatic N) is 1. The molecule has 0 saturated carbocycles. The van der Waals surface area contributed by atoms with E-state index < -0.39 is 0 Å². The Balaban J connectivity index is 2.29. The number of oxazole rings is 1. The summed E-state index contributed by atoms with van der Waals surface area (Å²) in [6.45, 7) is 2.13. The van der Waals surface area contributed by atoms with Crippen molar-refractivity contribution in [2.45, 2.75) is 32.2 Å². The lowest BCUT2D eigenvalue weighted by molar-refractivity contribution is 0.450. The minimum atomic E-state index is -0.136. The Labute approximate surface area is 99.6 Å². The van der Waals surface area contributed by atoms with Gasteiger partial charge in [-0.1, -0.05) is 37.4 Å². The fourth-order valence-corrected chi connectivity index (χ4v) is 1.85. The normalized spacial score (nSPS) is 13.2. The molecule has 2 rings (SSSR count). The molecule has 4 heteroatoms. The molecule has 16 heavy (non-hydrogen) atoms. The van der Waals surface area contributed by atoms with Crippen LogP contribution in [0.4, 0.5) is 0 Å². The van der Waals surface area contributed by atoms with Crippen LogP contribution < -0.4 is 5.73 Å². The van der Waals surface area contributed by atoms with Crippen LogP contribution in [0.15, 0.2) is 22.6 Å². The van der Waals surface area contributed by atoms with Crippen LogP contribution in [0.1, 0.15) is 38.1 Å². The maximum Gasteiger partial charge on any atom is 0.212 e. The summed E-state index contributed by atoms with van der Waals surface area (Å²) < 4.78 is 5.59. The molecule has 0 saturated heterocycles. The summed E-state index contributed by atoms with van der Waals surface area (Å²) in [5, 5.41) is 0.582. The molecular formula is C12H15ClN2O. The average molecular weight is 239 g/mol. The maximum atomic E-state index is 6.00. The molecule has 2 N–H and O–H groups in total. The summed E-state index contributed by atoms with van der Waals surface area (Å²) in [7, 11) is 0. The van der Waals surface area contributed by atoms with Crippen LogP contribution >= 0.6 is 11.6 Å². The number of aromatic nitrogens is 1. The zero-order valence-corrected chi connectivity index (χ0v) is 10.00. The van der Waals surface area contributed by atoms with Crippen molar-refractivity contribution < 1.29 is 4.42 Å². The first-order valence-electron chi connectivity index (χ1n) is 5.53. The molecule has 86 valence electrons. The second-order valence-electron chi connectivity index (χ2n) is 3.89. The molecule has 1 unspecified atom stereocenters. The van der Waals surface area contributed by atoms with Gasteiger partial charge in [0.15, 0.2) is 5.58 Å². The zero-order chi connectivity index (χ0) is 11.5. The van der Waals surface area contributed by atoms with Crippen molar-refractivity contribution in [3.05, 3.63) is 29.1 Å². The second-order valence-corrected chi connectivity index (χ2v) is 4.30. The van der Waals surface area contributed by atoms with E-state index in [1.54, 1.807) is 6.07 Å². The first-order valence-corrected chi connectivity index (χ1v) is 5.90. The number of rotatable bonds is 4. The van der Waals surface area contributed by atoms with Crippen LogP contribution in [0.5, 0.6) is 0 Å². The van der Waals surface area contributed by atoms with E-state index in [9.17, 15) is 0 Å². The molecule has 0 bridgehead atoms. The van der Waals surface area contributed by atoms with Gasteiger partial charge in [0.25, 0.3) is 0 Å². The van der Waals surface area contributed by atoms with Crippen molar-refractivity contribution in [1.82, 2.24) is 4.98 Å². The average Bonchev–Trinajstić information content (AvgIpc) is 2.71. The molecule has 0 amide bonds. The van der Waals surface area contributed by atoms with E-state index in [2.05, 4.69) is 11.9 Å². The third kappa shape index (κ3) is 2.20. The molecule has 0 spiro atoms. The summed E-state index contributed by atoms with van der Waals surface area (Å²) in [6, 6.07) is 5.38. The van der Waals surface area contributed by atoms with E-state index in [0.29, 0.717) is 16.5 Å². The predicted molar refractivity (Wildman–Crippen MR) is 65.5 cm³/mol. The van der Waals surface area contributed by atoms with Crippen molar-refractivity contribution in [2.75, 3.05) is 0 Å². The van der Waals surface area contributed by atoms with Crippen LogP contribution in [0, 0.1) is 0 Å². The van der Waals surface area contributed by atoms with Crippen molar-refractivity contribution in [3.63, 3.8) is 0 Å². The maximum absolute atomic E-state index is 6.00. The van der Waals surface area contributed by atoms with Gasteiger partial charge in [0.05, 0.1) is 11.1 Å². The van der Waals surface area contributed by atoms with Crippen LogP contribution in [-0.4, -0.2) is 4.98 Å². The second kappa shape index (κ2) is 4.85. The van der Waals surface area contributed by atoms with E-state index in [1.807, 2.05) is 12.1 Å². The van der Waals surface area contributed by atoms with E-state index in [4.69, 9.17) is 21.8 Å². The van der Waals surface area contributed by atoms with Crippen LogP contribution in [0.2, 0.25) is 5.02 Å². The quantitative estimate of drug-likeness (QED) is 0.884. The number of fused-ring (bicyclic) bond motifs is 1. The first-order chi connectivity index (χ1) is 7.72. The summed E-state index contributed by atoms with van der Waals surface area (Å²) in [4.78, 5) is 4.35. The van der Waals surface area contributed by atoms with Crippen LogP contribution in [0.25, 0.3) is 11.1 Å². The van der Waals surface area contributed by atoms with Gasteiger partial charge < -0.3 is 10.2 Å². The van der Waals surface area contributed by atoms with Crippen molar-refractivity contribution in [3.8, 4) is 0 Å². The number of hydrogen-bond acceptors (Lipinski definition) is 3. The third-order valence-corrected chi connectivity index (χ3v) is 2.87. The number of para-hydroxylation sites is 1. The number of unbranched alkanes of at least 4 members (excludes halogenated alkanes) is 1. The zero-order valence-electron chi connectivity index (χ0n) is 9.24. The fraction of sp³-hybridized carbons (Fsp3) is 0.417. The Morgan fingerprint density at radius 1 is 1.50 bits per heavy atom. The van der Waals surface area contributed by atoms with Crippen molar-refractivity contribution in [1.29, 1.82) is 0 Å². The van der Waals surface area contributed by atoms with Gasteiger partial charge in [0, 0.05) is 0 Å². The van der Waals surface area contributed by atoms with E-state index in [-0.39, 0.29) is 6.04 Å². The largest absolute Gasteiger partial charge is 0.437 e. The van der Waals surface area contributed by atoms with Crippen molar-refractivity contribution >= 4 is 22.7 Å². The lowest BCUT2D eigenvalue weighted by Crippen LogP contribution is -2.10. The Morgan fingerprint density at radius 3 is 3.00 bits per heavy atom. The van der Waals surface area contributed by atoms with Gasteiger partial charge >= 0.3 is 0 Å². The minimum Gasteiger partial charge on any atom is -0.437 e. The fourth-order valence-electron chi connectivity index (χ4n) is 1.64. The van der Waals surface area contributed by atoms with Gasteiger partial charge in [-0.2, -0.15) is 0 Å². The number of hydrogen-bond donors (Lipinski definition) is 1. The Bertz CT molecular complexity index is 481. The van der Waals surface area contributed by atoms with E-state index >= 15 is 0 Å². The highest BCUT2D eigenvalue weighted by Gasteiger charge is 2.14. The molecule has 2 aromatic rings. The molecular weight excluding hydrogens is 224 g/mol. The van der Waals surface area contributed by atoms with Gasteiger partial charge in [-0.15, -0.1) is 0 Å². The number of nitrogens with two attached hydrogens (primary N) is 1. The smallest absolute Gasteiger partial charge is 0.212 e. The van der Waals surface area contributed by atoms with E-state index in [1.165, 1.54) is 0 Å². The van der Waals surface area contributed by atoms with Gasteiger partial charge in [0.1, 0.15) is 5.52 Å². The molecule has 0 aliphatic rings. The Hall–Kier alpha value is -1.06. The predicted octanol–water partition coefficient (Wildman–Crippen LogP) is 3.67. The van der Waals surface area contributed by atoms with Crippen LogP contribution in [-0.2, 0) is 0 Å². The van der Waals surface area contributed by atoms with Gasteiger partial charge in [0.2, 0.25) is 5.89 Å².